The van der Waals surface area contributed by atoms with Crippen molar-refractivity contribution < 1.29 is 27.4 Å². The van der Waals surface area contributed by atoms with Gasteiger partial charge in [0.1, 0.15) is 17.2 Å². The van der Waals surface area contributed by atoms with Crippen LogP contribution in [0.2, 0.25) is 0 Å². The van der Waals surface area contributed by atoms with Gasteiger partial charge in [0.25, 0.3) is 5.56 Å². The second kappa shape index (κ2) is 11.1. The summed E-state index contributed by atoms with van der Waals surface area (Å²) in [6, 6.07) is 10.7. The molecule has 0 bridgehead atoms. The van der Waals surface area contributed by atoms with Crippen molar-refractivity contribution in [2.45, 2.75) is 21.9 Å². The zero-order chi connectivity index (χ0) is 24.7. The van der Waals surface area contributed by atoms with E-state index in [-0.39, 0.29) is 21.7 Å². The number of sulfone groups is 1. The quantitative estimate of drug-likeness (QED) is 0.315. The smallest absolute Gasteiger partial charge is 0.270 e. The number of methoxy groups -OCH3 is 2. The van der Waals surface area contributed by atoms with Crippen LogP contribution in [0.1, 0.15) is 6.92 Å². The highest BCUT2D eigenvalue weighted by Crippen LogP contribution is 2.29. The maximum atomic E-state index is 12.8. The Morgan fingerprint density at radius 3 is 2.41 bits per heavy atom. The number of hydrogen-bond donors (Lipinski definition) is 2. The Hall–Kier alpha value is -3.51. The molecule has 0 unspecified atom stereocenters. The molecule has 0 radical (unpaired) electrons. The molecule has 34 heavy (non-hydrogen) atoms. The molecule has 3 aromatic rings. The second-order valence-corrected chi connectivity index (χ2v) is 9.57. The Labute approximate surface area is 200 Å². The molecule has 0 atom stereocenters. The third-order valence-corrected chi connectivity index (χ3v) is 7.15. The van der Waals surface area contributed by atoms with Gasteiger partial charge in [-0.25, -0.2) is 13.4 Å². The van der Waals surface area contributed by atoms with E-state index in [9.17, 15) is 18.0 Å². The molecule has 0 aliphatic heterocycles. The van der Waals surface area contributed by atoms with E-state index in [4.69, 9.17) is 14.2 Å². The molecule has 1 amide bonds. The van der Waals surface area contributed by atoms with Crippen LogP contribution in [0.5, 0.6) is 17.2 Å². The highest BCUT2D eigenvalue weighted by Gasteiger charge is 2.22. The SMILES string of the molecule is CCOc1ccc(S(=O)(=O)c2cnc(SCC(=O)Nc3ccc(OC)cc3OC)[nH]c2=O)cc1. The number of benzene rings is 2. The van der Waals surface area contributed by atoms with Crippen LogP contribution in [0, 0.1) is 0 Å². The van der Waals surface area contributed by atoms with E-state index in [1.165, 1.54) is 38.5 Å². The van der Waals surface area contributed by atoms with E-state index in [0.717, 1.165) is 18.0 Å². The van der Waals surface area contributed by atoms with Gasteiger partial charge in [0.2, 0.25) is 15.7 Å². The number of anilines is 1. The number of nitrogens with zero attached hydrogens (tertiary/aromatic N) is 1. The van der Waals surface area contributed by atoms with Gasteiger partial charge in [0.05, 0.1) is 43.4 Å². The molecule has 10 nitrogen and oxygen atoms in total. The molecule has 180 valence electrons. The average molecular weight is 506 g/mol. The normalized spacial score (nSPS) is 11.0. The highest BCUT2D eigenvalue weighted by atomic mass is 32.2. The predicted molar refractivity (Wildman–Crippen MR) is 127 cm³/mol. The zero-order valence-electron chi connectivity index (χ0n) is 18.7. The van der Waals surface area contributed by atoms with Crippen LogP contribution >= 0.6 is 11.8 Å². The van der Waals surface area contributed by atoms with Crippen LogP contribution in [0.4, 0.5) is 5.69 Å². The van der Waals surface area contributed by atoms with Crippen molar-refractivity contribution in [3.05, 3.63) is 59.0 Å². The maximum absolute atomic E-state index is 12.8. The first kappa shape index (κ1) is 25.1. The largest absolute Gasteiger partial charge is 0.497 e. The maximum Gasteiger partial charge on any atom is 0.270 e. The fourth-order valence-corrected chi connectivity index (χ4v) is 4.73. The molecule has 12 heteroatoms. The first-order valence-electron chi connectivity index (χ1n) is 10.0. The number of carbonyl (C=O) groups is 1. The summed E-state index contributed by atoms with van der Waals surface area (Å²) < 4.78 is 41.3. The zero-order valence-corrected chi connectivity index (χ0v) is 20.3. The standard InChI is InChI=1S/C22H23N3O7S2/c1-4-32-14-5-8-16(9-6-14)34(28,29)19-12-23-22(25-21(19)27)33-13-20(26)24-17-10-7-15(30-2)11-18(17)31-3/h5-12H,4,13H2,1-3H3,(H,24,26)(H,23,25,27). The average Bonchev–Trinajstić information content (AvgIpc) is 2.83. The molecule has 0 saturated heterocycles. The van der Waals surface area contributed by atoms with Gasteiger partial charge in [-0.3, -0.25) is 9.59 Å². The Kier molecular flexibility index (Phi) is 8.18. The van der Waals surface area contributed by atoms with Crippen molar-refractivity contribution in [3.8, 4) is 17.2 Å². The molecule has 0 fully saturated rings. The minimum absolute atomic E-state index is 0.0588. The minimum atomic E-state index is -4.08. The Balaban J connectivity index is 1.68. The number of H-pyrrole nitrogens is 1. The molecular formula is C22H23N3O7S2. The number of rotatable bonds is 10. The van der Waals surface area contributed by atoms with Crippen molar-refractivity contribution in [1.29, 1.82) is 0 Å². The lowest BCUT2D eigenvalue weighted by Crippen LogP contribution is -2.20. The highest BCUT2D eigenvalue weighted by molar-refractivity contribution is 7.99. The van der Waals surface area contributed by atoms with Crippen LogP contribution in [-0.2, 0) is 14.6 Å². The van der Waals surface area contributed by atoms with Crippen LogP contribution in [0.15, 0.2) is 68.4 Å². The monoisotopic (exact) mass is 505 g/mol. The molecule has 0 aliphatic rings. The van der Waals surface area contributed by atoms with E-state index in [1.54, 1.807) is 18.2 Å². The minimum Gasteiger partial charge on any atom is -0.497 e. The molecule has 2 N–H and O–H groups in total. The number of hydrogen-bond acceptors (Lipinski definition) is 9. The Bertz CT molecular complexity index is 1320. The van der Waals surface area contributed by atoms with Gasteiger partial charge in [-0.05, 0) is 43.3 Å². The lowest BCUT2D eigenvalue weighted by molar-refractivity contribution is -0.113. The van der Waals surface area contributed by atoms with Gasteiger partial charge in [0, 0.05) is 6.07 Å². The summed E-state index contributed by atoms with van der Waals surface area (Å²) in [6.07, 6.45) is 0.983. The van der Waals surface area contributed by atoms with E-state index >= 15 is 0 Å². The summed E-state index contributed by atoms with van der Waals surface area (Å²) in [7, 11) is -1.09. The molecule has 0 saturated carbocycles. The fraction of sp³-hybridized carbons (Fsp3) is 0.227. The van der Waals surface area contributed by atoms with Gasteiger partial charge in [-0.2, -0.15) is 0 Å². The number of aromatic amines is 1. The molecule has 0 aliphatic carbocycles. The lowest BCUT2D eigenvalue weighted by atomic mass is 10.2. The van der Waals surface area contributed by atoms with E-state index in [1.807, 2.05) is 6.92 Å². The summed E-state index contributed by atoms with van der Waals surface area (Å²) in [5.74, 6) is 1.07. The third-order valence-electron chi connectivity index (χ3n) is 4.50. The Morgan fingerprint density at radius 1 is 1.09 bits per heavy atom. The molecule has 2 aromatic carbocycles. The van der Waals surface area contributed by atoms with Crippen molar-refractivity contribution >= 4 is 33.2 Å². The van der Waals surface area contributed by atoms with E-state index < -0.39 is 20.3 Å². The molecule has 3 rings (SSSR count). The first-order valence-corrected chi connectivity index (χ1v) is 12.5. The lowest BCUT2D eigenvalue weighted by Gasteiger charge is -2.11. The van der Waals surface area contributed by atoms with Crippen LogP contribution < -0.4 is 25.1 Å². The summed E-state index contributed by atoms with van der Waals surface area (Å²) in [6.45, 7) is 2.26. The molecule has 1 heterocycles. The van der Waals surface area contributed by atoms with E-state index in [0.29, 0.717) is 29.5 Å². The second-order valence-electron chi connectivity index (χ2n) is 6.69. The van der Waals surface area contributed by atoms with Crippen molar-refractivity contribution in [2.75, 3.05) is 31.9 Å². The fourth-order valence-electron chi connectivity index (χ4n) is 2.86. The van der Waals surface area contributed by atoms with Crippen molar-refractivity contribution in [2.24, 2.45) is 0 Å². The van der Waals surface area contributed by atoms with Gasteiger partial charge in [-0.15, -0.1) is 0 Å². The van der Waals surface area contributed by atoms with Gasteiger partial charge in [-0.1, -0.05) is 11.8 Å². The van der Waals surface area contributed by atoms with Gasteiger partial charge >= 0.3 is 0 Å². The topological polar surface area (TPSA) is 137 Å². The molecular weight excluding hydrogens is 482 g/mol. The van der Waals surface area contributed by atoms with Crippen LogP contribution in [0.25, 0.3) is 0 Å². The first-order chi connectivity index (χ1) is 16.3. The molecule has 0 spiro atoms. The number of thioether (sulfide) groups is 1. The van der Waals surface area contributed by atoms with E-state index in [2.05, 4.69) is 15.3 Å². The van der Waals surface area contributed by atoms with Crippen molar-refractivity contribution in [3.63, 3.8) is 0 Å². The number of ether oxygens (including phenoxy) is 3. The number of aromatic nitrogens is 2. The van der Waals surface area contributed by atoms with Gasteiger partial charge < -0.3 is 24.5 Å². The summed E-state index contributed by atoms with van der Waals surface area (Å²) in [5, 5.41) is 2.81. The van der Waals surface area contributed by atoms with Gasteiger partial charge in [0.15, 0.2) is 10.1 Å². The van der Waals surface area contributed by atoms with Crippen molar-refractivity contribution in [1.82, 2.24) is 9.97 Å². The summed E-state index contributed by atoms with van der Waals surface area (Å²) in [5.41, 5.74) is -0.379. The third kappa shape index (κ3) is 5.88. The summed E-state index contributed by atoms with van der Waals surface area (Å²) in [4.78, 5) is 30.7. The summed E-state index contributed by atoms with van der Waals surface area (Å²) >= 11 is 0.950. The Morgan fingerprint density at radius 2 is 1.79 bits per heavy atom. The van der Waals surface area contributed by atoms with Crippen LogP contribution in [0.3, 0.4) is 0 Å². The predicted octanol–water partition coefficient (Wildman–Crippen LogP) is 2.75. The number of nitrogens with one attached hydrogen (secondary N) is 2. The van der Waals surface area contributed by atoms with Crippen LogP contribution in [-0.4, -0.2) is 50.9 Å². The molecule has 1 aromatic heterocycles. The number of carbonyl (C=O) groups excluding carboxylic acids is 1. The number of amides is 1.